The Morgan fingerprint density at radius 1 is 0.929 bits per heavy atom. The molecule has 1 aliphatic carbocycles. The van der Waals surface area contributed by atoms with Gasteiger partial charge < -0.3 is 9.80 Å². The average Bonchev–Trinajstić information content (AvgIpc) is 3.55. The van der Waals surface area contributed by atoms with E-state index >= 15 is 0 Å². The Bertz CT molecular complexity index is 847. The molecule has 0 radical (unpaired) electrons. The van der Waals surface area contributed by atoms with Crippen LogP contribution < -0.4 is 0 Å². The summed E-state index contributed by atoms with van der Waals surface area (Å²) in [6.07, 6.45) is 0.948. The van der Waals surface area contributed by atoms with Crippen LogP contribution in [0.4, 0.5) is 0 Å². The molecule has 2 aromatic rings. The Morgan fingerprint density at radius 3 is 2.29 bits per heavy atom. The topological polar surface area (TPSA) is 40.6 Å². The van der Waals surface area contributed by atoms with E-state index in [2.05, 4.69) is 19.1 Å². The van der Waals surface area contributed by atoms with Crippen LogP contribution in [0.25, 0.3) is 0 Å². The van der Waals surface area contributed by atoms with Gasteiger partial charge in [0.2, 0.25) is 5.91 Å². The van der Waals surface area contributed by atoms with Crippen molar-refractivity contribution in [3.8, 4) is 0 Å². The summed E-state index contributed by atoms with van der Waals surface area (Å²) in [5, 5.41) is 0. The molecule has 1 saturated heterocycles. The normalized spacial score (nSPS) is 21.5. The van der Waals surface area contributed by atoms with Crippen LogP contribution in [-0.2, 0) is 4.79 Å². The maximum absolute atomic E-state index is 13.0. The van der Waals surface area contributed by atoms with Crippen LogP contribution in [-0.4, -0.2) is 53.5 Å². The van der Waals surface area contributed by atoms with Gasteiger partial charge in [-0.25, -0.2) is 0 Å². The maximum atomic E-state index is 13.0. The lowest BCUT2D eigenvalue weighted by molar-refractivity contribution is -0.134. The number of amides is 2. The van der Waals surface area contributed by atoms with Crippen LogP contribution in [0, 0.1) is 5.92 Å². The maximum Gasteiger partial charge on any atom is 0.255 e. The molecular weight excluding hydrogens is 368 g/mol. The van der Waals surface area contributed by atoms with E-state index in [0.717, 1.165) is 22.6 Å². The lowest BCUT2D eigenvalue weighted by atomic mass is 10.1. The molecule has 2 amide bonds. The minimum Gasteiger partial charge on any atom is -0.339 e. The van der Waals surface area contributed by atoms with Crippen LogP contribution in [0.3, 0.4) is 0 Å². The first-order valence-corrected chi connectivity index (χ1v) is 11.0. The van der Waals surface area contributed by atoms with Crippen LogP contribution in [0.5, 0.6) is 0 Å². The highest BCUT2D eigenvalue weighted by atomic mass is 32.2. The molecule has 1 saturated carbocycles. The van der Waals surface area contributed by atoms with Gasteiger partial charge in [-0.2, -0.15) is 0 Å². The molecule has 1 heterocycles. The summed E-state index contributed by atoms with van der Waals surface area (Å²) < 4.78 is 0. The Balaban J connectivity index is 1.34. The highest BCUT2D eigenvalue weighted by Gasteiger charge is 2.46. The molecule has 5 heteroatoms. The first-order valence-electron chi connectivity index (χ1n) is 10.0. The summed E-state index contributed by atoms with van der Waals surface area (Å²) in [5.41, 5.74) is 2.04. The zero-order chi connectivity index (χ0) is 19.5. The Hall–Kier alpha value is -2.27. The number of benzene rings is 2. The fourth-order valence-corrected chi connectivity index (χ4v) is 4.79. The van der Waals surface area contributed by atoms with Crippen molar-refractivity contribution in [2.75, 3.05) is 31.9 Å². The summed E-state index contributed by atoms with van der Waals surface area (Å²) >= 11 is 1.70. The van der Waals surface area contributed by atoms with Crippen LogP contribution in [0.1, 0.15) is 35.2 Å². The minimum atomic E-state index is 0.0808. The van der Waals surface area contributed by atoms with Crippen molar-refractivity contribution in [2.45, 2.75) is 24.2 Å². The van der Waals surface area contributed by atoms with E-state index in [1.165, 1.54) is 5.56 Å². The van der Waals surface area contributed by atoms with Crippen LogP contribution >= 0.6 is 11.8 Å². The summed E-state index contributed by atoms with van der Waals surface area (Å²) in [6.45, 7) is 4.57. The summed E-state index contributed by atoms with van der Waals surface area (Å²) in [4.78, 5) is 30.7. The fourth-order valence-electron chi connectivity index (χ4n) is 4.00. The van der Waals surface area contributed by atoms with Gasteiger partial charge in [0.25, 0.3) is 5.91 Å². The molecule has 4 rings (SSSR count). The third-order valence-corrected chi connectivity index (χ3v) is 6.59. The van der Waals surface area contributed by atoms with E-state index in [1.54, 1.807) is 11.8 Å². The second kappa shape index (κ2) is 8.39. The van der Waals surface area contributed by atoms with E-state index in [4.69, 9.17) is 0 Å². The van der Waals surface area contributed by atoms with Crippen LogP contribution in [0.15, 0.2) is 59.5 Å². The number of carbonyl (C=O) groups is 2. The smallest absolute Gasteiger partial charge is 0.255 e. The van der Waals surface area contributed by atoms with Crippen molar-refractivity contribution in [1.82, 2.24) is 9.80 Å². The van der Waals surface area contributed by atoms with Gasteiger partial charge in [-0.15, -0.1) is 11.8 Å². The predicted molar refractivity (Wildman–Crippen MR) is 113 cm³/mol. The van der Waals surface area contributed by atoms with E-state index in [1.807, 2.05) is 52.3 Å². The molecule has 28 heavy (non-hydrogen) atoms. The summed E-state index contributed by atoms with van der Waals surface area (Å²) in [7, 11) is 0. The van der Waals surface area contributed by atoms with Gasteiger partial charge in [-0.05, 0) is 35.8 Å². The fraction of sp³-hybridized carbons (Fsp3) is 0.391. The van der Waals surface area contributed by atoms with Gasteiger partial charge in [0.15, 0.2) is 0 Å². The molecule has 0 bridgehead atoms. The standard InChI is InChI=1S/C23H26N2O2S/c1-2-28-21-11-7-6-10-18(21)22(26)24-12-14-25(15-13-24)23(27)20-16-19(20)17-8-4-3-5-9-17/h3-11,19-20H,2,12-16H2,1H3/t19-,20+/m0/s1. The SMILES string of the molecule is CCSc1ccccc1C(=O)N1CCN(C(=O)[C@@H]2C[C@H]2c2ccccc2)CC1. The van der Waals surface area contributed by atoms with Gasteiger partial charge in [-0.1, -0.05) is 49.4 Å². The van der Waals surface area contributed by atoms with E-state index < -0.39 is 0 Å². The molecule has 146 valence electrons. The second-order valence-corrected chi connectivity index (χ2v) is 8.71. The molecule has 0 N–H and O–H groups in total. The van der Waals surface area contributed by atoms with Gasteiger partial charge in [0.05, 0.1) is 5.56 Å². The number of piperazine rings is 1. The summed E-state index contributed by atoms with van der Waals surface area (Å²) in [6, 6.07) is 18.1. The zero-order valence-corrected chi connectivity index (χ0v) is 17.0. The van der Waals surface area contributed by atoms with Crippen molar-refractivity contribution < 1.29 is 9.59 Å². The molecule has 4 nitrogen and oxygen atoms in total. The van der Waals surface area contributed by atoms with Crippen molar-refractivity contribution in [2.24, 2.45) is 5.92 Å². The average molecular weight is 395 g/mol. The number of nitrogens with zero attached hydrogens (tertiary/aromatic N) is 2. The Labute approximate surface area is 170 Å². The van der Waals surface area contributed by atoms with E-state index in [0.29, 0.717) is 32.1 Å². The lowest BCUT2D eigenvalue weighted by Crippen LogP contribution is -2.51. The number of hydrogen-bond acceptors (Lipinski definition) is 3. The monoisotopic (exact) mass is 394 g/mol. The van der Waals surface area contributed by atoms with Crippen molar-refractivity contribution >= 4 is 23.6 Å². The zero-order valence-electron chi connectivity index (χ0n) is 16.2. The highest BCUT2D eigenvalue weighted by Crippen LogP contribution is 2.48. The molecule has 2 aliphatic rings. The predicted octanol–water partition coefficient (Wildman–Crippen LogP) is 3.89. The Kier molecular flexibility index (Phi) is 5.72. The second-order valence-electron chi connectivity index (χ2n) is 7.41. The summed E-state index contributed by atoms with van der Waals surface area (Å²) in [5.74, 6) is 1.76. The number of carbonyl (C=O) groups excluding carboxylic acids is 2. The Morgan fingerprint density at radius 2 is 1.57 bits per heavy atom. The molecule has 0 spiro atoms. The molecule has 2 aromatic carbocycles. The van der Waals surface area contributed by atoms with Gasteiger partial charge in [0.1, 0.15) is 0 Å². The van der Waals surface area contributed by atoms with Crippen molar-refractivity contribution in [1.29, 1.82) is 0 Å². The number of thioether (sulfide) groups is 1. The minimum absolute atomic E-state index is 0.0808. The largest absolute Gasteiger partial charge is 0.339 e. The van der Waals surface area contributed by atoms with Crippen molar-refractivity contribution in [3.63, 3.8) is 0 Å². The highest BCUT2D eigenvalue weighted by molar-refractivity contribution is 7.99. The van der Waals surface area contributed by atoms with E-state index in [9.17, 15) is 9.59 Å². The van der Waals surface area contributed by atoms with Crippen molar-refractivity contribution in [3.05, 3.63) is 65.7 Å². The van der Waals surface area contributed by atoms with Gasteiger partial charge in [-0.3, -0.25) is 9.59 Å². The molecule has 1 aliphatic heterocycles. The third kappa shape index (κ3) is 3.95. The molecule has 2 fully saturated rings. The van der Waals surface area contributed by atoms with Gasteiger partial charge in [0, 0.05) is 37.0 Å². The molecule has 0 unspecified atom stereocenters. The molecule has 2 atom stereocenters. The lowest BCUT2D eigenvalue weighted by Gasteiger charge is -2.35. The van der Waals surface area contributed by atoms with Gasteiger partial charge >= 0.3 is 0 Å². The molecule has 0 aromatic heterocycles. The first-order chi connectivity index (χ1) is 13.7. The third-order valence-electron chi connectivity index (χ3n) is 5.63. The quantitative estimate of drug-likeness (QED) is 0.723. The first kappa shape index (κ1) is 19.1. The molecular formula is C23H26N2O2S. The number of hydrogen-bond donors (Lipinski definition) is 0. The number of rotatable bonds is 5. The van der Waals surface area contributed by atoms with E-state index in [-0.39, 0.29) is 17.7 Å². The van der Waals surface area contributed by atoms with Crippen LogP contribution in [0.2, 0.25) is 0 Å².